The van der Waals surface area contributed by atoms with Crippen LogP contribution in [0.4, 0.5) is 11.4 Å². The quantitative estimate of drug-likeness (QED) is 0.363. The highest BCUT2D eigenvalue weighted by molar-refractivity contribution is 5.79. The fourth-order valence-corrected chi connectivity index (χ4v) is 5.61. The molecule has 3 aromatic carbocycles. The lowest BCUT2D eigenvalue weighted by Crippen LogP contribution is -2.23. The van der Waals surface area contributed by atoms with Crippen LogP contribution in [0.2, 0.25) is 0 Å². The zero-order valence-electron chi connectivity index (χ0n) is 20.7. The second-order valence-corrected chi connectivity index (χ2v) is 9.85. The van der Waals surface area contributed by atoms with Crippen LogP contribution >= 0.6 is 0 Å². The van der Waals surface area contributed by atoms with Gasteiger partial charge in [0.15, 0.2) is 0 Å². The predicted octanol–water partition coefficient (Wildman–Crippen LogP) is 9.44. The predicted molar refractivity (Wildman–Crippen MR) is 153 cm³/mol. The third kappa shape index (κ3) is 4.33. The first-order valence-corrected chi connectivity index (χ1v) is 12.9. The molecule has 0 N–H and O–H groups in total. The molecule has 0 amide bonds. The summed E-state index contributed by atoms with van der Waals surface area (Å²) in [5, 5.41) is 0. The minimum atomic E-state index is 0.363. The van der Waals surface area contributed by atoms with Crippen molar-refractivity contribution in [2.75, 3.05) is 4.90 Å². The average Bonchev–Trinajstić information content (AvgIpc) is 2.94. The molecule has 0 aliphatic heterocycles. The van der Waals surface area contributed by atoms with Gasteiger partial charge < -0.3 is 4.90 Å². The van der Waals surface area contributed by atoms with Crippen LogP contribution in [0.1, 0.15) is 31.2 Å². The lowest BCUT2D eigenvalue weighted by atomic mass is 9.84. The molecule has 36 heavy (non-hydrogen) atoms. The zero-order chi connectivity index (χ0) is 24.3. The number of benzene rings is 3. The average molecular weight is 466 g/mol. The maximum atomic E-state index is 2.49. The molecule has 0 saturated carbocycles. The Balaban J connectivity index is 1.55. The van der Waals surface area contributed by atoms with Crippen molar-refractivity contribution in [2.45, 2.75) is 25.7 Å². The van der Waals surface area contributed by atoms with Crippen molar-refractivity contribution in [3.05, 3.63) is 156 Å². The van der Waals surface area contributed by atoms with Gasteiger partial charge in [-0.15, -0.1) is 0 Å². The lowest BCUT2D eigenvalue weighted by molar-refractivity contribution is 0.761. The van der Waals surface area contributed by atoms with E-state index in [-0.39, 0.29) is 0 Å². The number of allylic oxidation sites excluding steroid dienone is 11. The molecule has 2 atom stereocenters. The van der Waals surface area contributed by atoms with Crippen molar-refractivity contribution in [3.8, 4) is 11.1 Å². The Morgan fingerprint density at radius 1 is 0.722 bits per heavy atom. The summed E-state index contributed by atoms with van der Waals surface area (Å²) in [5.41, 5.74) is 10.3. The Labute approximate surface area is 214 Å². The summed E-state index contributed by atoms with van der Waals surface area (Å²) in [5.74, 6) is 0.781. The summed E-state index contributed by atoms with van der Waals surface area (Å²) in [4.78, 5) is 2.49. The van der Waals surface area contributed by atoms with Gasteiger partial charge in [0.25, 0.3) is 0 Å². The molecule has 176 valence electrons. The van der Waals surface area contributed by atoms with Gasteiger partial charge in [0.2, 0.25) is 0 Å². The standard InChI is InChI=1S/C35H31N/c1-26-12-9-18-30(24-26)33-21-7-8-22-34(33)36(35-23-11-16-28-15-5-6-20-32(28)35)31-19-10-17-29(25-31)27-13-3-2-4-14-27/h2-15,17-23,25,28,30H,16,24H2,1H3. The van der Waals surface area contributed by atoms with E-state index in [1.165, 1.54) is 44.9 Å². The summed E-state index contributed by atoms with van der Waals surface area (Å²) < 4.78 is 0. The van der Waals surface area contributed by atoms with Crippen molar-refractivity contribution in [2.24, 2.45) is 5.92 Å². The highest BCUT2D eigenvalue weighted by Crippen LogP contribution is 2.43. The first-order chi connectivity index (χ1) is 17.8. The molecule has 0 saturated heterocycles. The Kier molecular flexibility index (Phi) is 6.13. The first-order valence-electron chi connectivity index (χ1n) is 12.9. The molecule has 3 aliphatic carbocycles. The second kappa shape index (κ2) is 9.87. The maximum absolute atomic E-state index is 2.49. The van der Waals surface area contributed by atoms with Gasteiger partial charge in [-0.3, -0.25) is 0 Å². The van der Waals surface area contributed by atoms with E-state index in [9.17, 15) is 0 Å². The minimum absolute atomic E-state index is 0.363. The van der Waals surface area contributed by atoms with E-state index < -0.39 is 0 Å². The van der Waals surface area contributed by atoms with Gasteiger partial charge in [-0.1, -0.05) is 115 Å². The van der Waals surface area contributed by atoms with Gasteiger partial charge in [0, 0.05) is 28.9 Å². The normalized spacial score (nSPS) is 20.3. The fourth-order valence-electron chi connectivity index (χ4n) is 5.61. The largest absolute Gasteiger partial charge is 0.310 e. The summed E-state index contributed by atoms with van der Waals surface area (Å²) in [6, 6.07) is 28.6. The topological polar surface area (TPSA) is 3.24 Å². The molecular weight excluding hydrogens is 434 g/mol. The molecule has 0 fully saturated rings. The van der Waals surface area contributed by atoms with Crippen molar-refractivity contribution < 1.29 is 0 Å². The van der Waals surface area contributed by atoms with E-state index in [4.69, 9.17) is 0 Å². The van der Waals surface area contributed by atoms with Crippen LogP contribution in [-0.4, -0.2) is 0 Å². The Hall–Kier alpha value is -4.10. The van der Waals surface area contributed by atoms with Crippen LogP contribution in [0, 0.1) is 5.92 Å². The summed E-state index contributed by atoms with van der Waals surface area (Å²) in [6.07, 6.45) is 22.5. The second-order valence-electron chi connectivity index (χ2n) is 9.85. The molecule has 0 bridgehead atoms. The summed E-state index contributed by atoms with van der Waals surface area (Å²) >= 11 is 0. The Bertz CT molecular complexity index is 1440. The van der Waals surface area contributed by atoms with Gasteiger partial charge in [0.1, 0.15) is 0 Å². The number of hydrogen-bond donors (Lipinski definition) is 0. The van der Waals surface area contributed by atoms with Gasteiger partial charge >= 0.3 is 0 Å². The summed E-state index contributed by atoms with van der Waals surface area (Å²) in [7, 11) is 0. The van der Waals surface area contributed by atoms with Gasteiger partial charge in [0.05, 0.1) is 0 Å². The number of rotatable bonds is 5. The number of fused-ring (bicyclic) bond motifs is 1. The van der Waals surface area contributed by atoms with E-state index in [0.717, 1.165) is 12.8 Å². The van der Waals surface area contributed by atoms with E-state index in [0.29, 0.717) is 11.8 Å². The third-order valence-corrected chi connectivity index (χ3v) is 7.39. The van der Waals surface area contributed by atoms with Crippen molar-refractivity contribution in [1.82, 2.24) is 0 Å². The van der Waals surface area contributed by atoms with Crippen LogP contribution in [0.3, 0.4) is 0 Å². The zero-order valence-corrected chi connectivity index (χ0v) is 20.7. The molecule has 2 unspecified atom stereocenters. The molecule has 1 nitrogen and oxygen atoms in total. The van der Waals surface area contributed by atoms with Crippen LogP contribution in [0.25, 0.3) is 11.1 Å². The highest BCUT2D eigenvalue weighted by Gasteiger charge is 2.26. The van der Waals surface area contributed by atoms with Crippen LogP contribution in [0.5, 0.6) is 0 Å². The number of anilines is 2. The van der Waals surface area contributed by atoms with Crippen LogP contribution in [0.15, 0.2) is 150 Å². The van der Waals surface area contributed by atoms with Crippen molar-refractivity contribution in [3.63, 3.8) is 0 Å². The molecule has 0 radical (unpaired) electrons. The smallest absolute Gasteiger partial charge is 0.0499 e. The van der Waals surface area contributed by atoms with E-state index >= 15 is 0 Å². The van der Waals surface area contributed by atoms with E-state index in [2.05, 4.69) is 145 Å². The summed E-state index contributed by atoms with van der Waals surface area (Å²) in [6.45, 7) is 2.23. The molecular formula is C35H31N. The molecule has 6 rings (SSSR count). The molecule has 0 spiro atoms. The monoisotopic (exact) mass is 465 g/mol. The third-order valence-electron chi connectivity index (χ3n) is 7.39. The Morgan fingerprint density at radius 2 is 1.53 bits per heavy atom. The lowest BCUT2D eigenvalue weighted by Gasteiger charge is -2.35. The first kappa shape index (κ1) is 22.4. The molecule has 3 aliphatic rings. The number of para-hydroxylation sites is 1. The van der Waals surface area contributed by atoms with Crippen LogP contribution in [-0.2, 0) is 0 Å². The Morgan fingerprint density at radius 3 is 2.42 bits per heavy atom. The van der Waals surface area contributed by atoms with E-state index in [1.54, 1.807) is 0 Å². The van der Waals surface area contributed by atoms with Crippen LogP contribution < -0.4 is 4.90 Å². The maximum Gasteiger partial charge on any atom is 0.0499 e. The number of hydrogen-bond acceptors (Lipinski definition) is 1. The van der Waals surface area contributed by atoms with E-state index in [1.807, 2.05) is 0 Å². The van der Waals surface area contributed by atoms with Crippen molar-refractivity contribution >= 4 is 11.4 Å². The number of nitrogens with zero attached hydrogens (tertiary/aromatic N) is 1. The highest BCUT2D eigenvalue weighted by atomic mass is 15.2. The van der Waals surface area contributed by atoms with Gasteiger partial charge in [-0.25, -0.2) is 0 Å². The SMILES string of the molecule is CC1=CC=CC(c2ccccc2N(C2=C3C=CC=CC3CC=C2)c2cccc(-c3ccccc3)c2)C1. The van der Waals surface area contributed by atoms with Crippen molar-refractivity contribution in [1.29, 1.82) is 0 Å². The molecule has 1 heteroatoms. The minimum Gasteiger partial charge on any atom is -0.310 e. The molecule has 3 aromatic rings. The van der Waals surface area contributed by atoms with Gasteiger partial charge in [-0.2, -0.15) is 0 Å². The molecule has 0 heterocycles. The fraction of sp³-hybridized carbons (Fsp3) is 0.143. The molecule has 0 aromatic heterocycles. The van der Waals surface area contributed by atoms with Gasteiger partial charge in [-0.05, 0) is 66.3 Å².